The van der Waals surface area contributed by atoms with Crippen molar-refractivity contribution in [2.75, 3.05) is 10.2 Å². The number of hydrogen-bond donors (Lipinski definition) is 1. The maximum Gasteiger partial charge on any atom is 0.197 e. The van der Waals surface area contributed by atoms with E-state index in [4.69, 9.17) is 0 Å². The number of aromatic nitrogens is 1. The highest BCUT2D eigenvalue weighted by Crippen LogP contribution is 2.46. The molecule has 0 atom stereocenters. The van der Waals surface area contributed by atoms with Crippen molar-refractivity contribution in [3.63, 3.8) is 0 Å². The van der Waals surface area contributed by atoms with E-state index in [-0.39, 0.29) is 0 Å². The lowest BCUT2D eigenvalue weighted by Gasteiger charge is -2.28. The van der Waals surface area contributed by atoms with Gasteiger partial charge in [-0.15, -0.1) is 11.3 Å². The van der Waals surface area contributed by atoms with E-state index in [2.05, 4.69) is 229 Å². The molecule has 0 aliphatic carbocycles. The van der Waals surface area contributed by atoms with Gasteiger partial charge in [0.25, 0.3) is 0 Å². The molecule has 1 N–H and O–H groups in total. The molecule has 1 aliphatic heterocycles. The van der Waals surface area contributed by atoms with E-state index in [0.717, 1.165) is 34.0 Å². The molecular formula is C55H37BN3S. The number of aryl methyl sites for hydroxylation is 1. The molecule has 1 aliphatic rings. The number of fused-ring (bicyclic) bond motifs is 8. The molecule has 0 bridgehead atoms. The minimum Gasteiger partial charge on any atom is -0.355 e. The van der Waals surface area contributed by atoms with Crippen LogP contribution in [0.3, 0.4) is 0 Å². The third-order valence-corrected chi connectivity index (χ3v) is 13.2. The Morgan fingerprint density at radius 2 is 1.18 bits per heavy atom. The fraction of sp³-hybridized carbons (Fsp3) is 0.0182. The minimum absolute atomic E-state index is 1.04. The summed E-state index contributed by atoms with van der Waals surface area (Å²) in [4.78, 5) is 2.36. The molecule has 0 fully saturated rings. The highest BCUT2D eigenvalue weighted by atomic mass is 32.1. The SMILES string of the molecule is Cc1ccc(Nc2ccc(N(c3ccccc3)c3ccccc3)cc2-c2cc(-c3ccccc3)c3c4ccccc4n4c3c2[B]c2cc3sc5ccccc5c3cc2-4)cc1. The van der Waals surface area contributed by atoms with Crippen molar-refractivity contribution in [1.29, 1.82) is 0 Å². The van der Waals surface area contributed by atoms with Crippen LogP contribution in [0.5, 0.6) is 0 Å². The minimum atomic E-state index is 1.04. The second kappa shape index (κ2) is 13.9. The standard InChI is InChI=1S/C55H37BN3S/c1-35-25-27-37(28-26-35)57-48-30-29-40(58(38-17-7-3-8-18-38)39-19-9-4-10-20-39)31-44(48)46-32-43(36-15-5-2-6-16-36)53-42-22-11-13-23-49(42)59-50-33-45-41-21-12-14-24-51(41)60-52(45)34-47(50)56-54(46)55(53)59/h2-34,57H,1H3. The topological polar surface area (TPSA) is 20.2 Å². The quantitative estimate of drug-likeness (QED) is 0.163. The fourth-order valence-corrected chi connectivity index (χ4v) is 10.4. The molecular weight excluding hydrogens is 746 g/mol. The molecule has 2 aromatic heterocycles. The van der Waals surface area contributed by atoms with Gasteiger partial charge in [0.05, 0.1) is 5.52 Å². The Morgan fingerprint density at radius 3 is 1.93 bits per heavy atom. The van der Waals surface area contributed by atoms with Crippen LogP contribution in [0.15, 0.2) is 200 Å². The van der Waals surface area contributed by atoms with Gasteiger partial charge >= 0.3 is 0 Å². The summed E-state index contributed by atoms with van der Waals surface area (Å²) in [5, 5.41) is 9.01. The second-order valence-corrected chi connectivity index (χ2v) is 16.8. The van der Waals surface area contributed by atoms with Gasteiger partial charge in [-0.25, -0.2) is 0 Å². The van der Waals surface area contributed by atoms with E-state index in [1.807, 2.05) is 11.3 Å². The van der Waals surface area contributed by atoms with Crippen LogP contribution in [0, 0.1) is 6.92 Å². The first-order chi connectivity index (χ1) is 29.7. The van der Waals surface area contributed by atoms with Gasteiger partial charge in [-0.05, 0) is 114 Å². The number of anilines is 5. The predicted octanol–water partition coefficient (Wildman–Crippen LogP) is 14.0. The monoisotopic (exact) mass is 782 g/mol. The predicted molar refractivity (Wildman–Crippen MR) is 259 cm³/mol. The Morgan fingerprint density at radius 1 is 0.517 bits per heavy atom. The van der Waals surface area contributed by atoms with E-state index >= 15 is 0 Å². The number of hydrogen-bond acceptors (Lipinski definition) is 3. The molecule has 0 amide bonds. The first-order valence-electron chi connectivity index (χ1n) is 20.5. The summed E-state index contributed by atoms with van der Waals surface area (Å²) < 4.78 is 5.16. The highest BCUT2D eigenvalue weighted by molar-refractivity contribution is 7.26. The Labute approximate surface area is 353 Å². The lowest BCUT2D eigenvalue weighted by atomic mass is 9.58. The summed E-state index contributed by atoms with van der Waals surface area (Å²) in [5.41, 5.74) is 17.4. The van der Waals surface area contributed by atoms with E-state index in [1.165, 1.54) is 80.8 Å². The Balaban J connectivity index is 1.19. The maximum atomic E-state index is 3.88. The molecule has 12 rings (SSSR count). The van der Waals surface area contributed by atoms with E-state index in [1.54, 1.807) is 0 Å². The third-order valence-electron chi connectivity index (χ3n) is 12.0. The Hall–Kier alpha value is -7.34. The van der Waals surface area contributed by atoms with Crippen LogP contribution in [-0.2, 0) is 0 Å². The summed E-state index contributed by atoms with van der Waals surface area (Å²) in [6.45, 7) is 2.14. The molecule has 1 radical (unpaired) electrons. The summed E-state index contributed by atoms with van der Waals surface area (Å²) in [6, 6.07) is 72.9. The van der Waals surface area contributed by atoms with Crippen molar-refractivity contribution in [2.24, 2.45) is 0 Å². The smallest absolute Gasteiger partial charge is 0.197 e. The Kier molecular flexibility index (Phi) is 8.04. The number of thiophene rings is 1. The lowest BCUT2D eigenvalue weighted by molar-refractivity contribution is 1.20. The van der Waals surface area contributed by atoms with Gasteiger partial charge in [0.15, 0.2) is 7.28 Å². The van der Waals surface area contributed by atoms with Crippen LogP contribution >= 0.6 is 11.3 Å². The molecule has 5 heteroatoms. The first kappa shape index (κ1) is 34.7. The second-order valence-electron chi connectivity index (χ2n) is 15.7. The zero-order valence-corrected chi connectivity index (χ0v) is 33.7. The zero-order valence-electron chi connectivity index (χ0n) is 32.9. The van der Waals surface area contributed by atoms with Crippen molar-refractivity contribution >= 4 is 100.0 Å². The van der Waals surface area contributed by atoms with Crippen molar-refractivity contribution in [3.05, 3.63) is 206 Å². The van der Waals surface area contributed by atoms with Gasteiger partial charge in [0, 0.05) is 76.1 Å². The number of rotatable bonds is 7. The molecule has 3 nitrogen and oxygen atoms in total. The maximum absolute atomic E-state index is 3.88. The summed E-state index contributed by atoms with van der Waals surface area (Å²) in [6.07, 6.45) is 0. The van der Waals surface area contributed by atoms with Crippen LogP contribution in [0.2, 0.25) is 0 Å². The number of benzene rings is 9. The van der Waals surface area contributed by atoms with Crippen LogP contribution in [0.25, 0.3) is 69.9 Å². The van der Waals surface area contributed by atoms with E-state index in [9.17, 15) is 0 Å². The van der Waals surface area contributed by atoms with Crippen LogP contribution in [0.4, 0.5) is 28.4 Å². The number of nitrogens with zero attached hydrogens (tertiary/aromatic N) is 2. The lowest BCUT2D eigenvalue weighted by Crippen LogP contribution is -2.37. The van der Waals surface area contributed by atoms with Crippen molar-refractivity contribution in [2.45, 2.75) is 6.92 Å². The number of para-hydroxylation sites is 3. The van der Waals surface area contributed by atoms with Gasteiger partial charge in [0.2, 0.25) is 0 Å². The molecule has 0 saturated heterocycles. The molecule has 3 heterocycles. The van der Waals surface area contributed by atoms with Crippen molar-refractivity contribution in [1.82, 2.24) is 4.57 Å². The Bertz CT molecular complexity index is 3390. The van der Waals surface area contributed by atoms with Crippen LogP contribution in [0.1, 0.15) is 5.56 Å². The van der Waals surface area contributed by atoms with E-state index in [0.29, 0.717) is 0 Å². The molecule has 0 spiro atoms. The number of nitrogens with one attached hydrogen (secondary N) is 1. The van der Waals surface area contributed by atoms with Gasteiger partial charge in [-0.1, -0.05) is 126 Å². The normalized spacial score (nSPS) is 11.9. The summed E-state index contributed by atoms with van der Waals surface area (Å²) in [5.74, 6) is 0. The molecule has 0 unspecified atom stereocenters. The third kappa shape index (κ3) is 5.58. The fourth-order valence-electron chi connectivity index (χ4n) is 9.29. The van der Waals surface area contributed by atoms with Gasteiger partial charge < -0.3 is 14.8 Å². The van der Waals surface area contributed by atoms with E-state index < -0.39 is 0 Å². The summed E-state index contributed by atoms with van der Waals surface area (Å²) in [7, 11) is 2.46. The molecule has 11 aromatic rings. The van der Waals surface area contributed by atoms with Crippen LogP contribution < -0.4 is 21.1 Å². The van der Waals surface area contributed by atoms with Gasteiger partial charge in [-0.3, -0.25) is 0 Å². The molecule has 60 heavy (non-hydrogen) atoms. The van der Waals surface area contributed by atoms with Crippen molar-refractivity contribution < 1.29 is 0 Å². The van der Waals surface area contributed by atoms with Gasteiger partial charge in [0.1, 0.15) is 0 Å². The average Bonchev–Trinajstić information content (AvgIpc) is 3.84. The largest absolute Gasteiger partial charge is 0.355 e. The molecule has 0 saturated carbocycles. The van der Waals surface area contributed by atoms with Gasteiger partial charge in [-0.2, -0.15) is 0 Å². The average molecular weight is 783 g/mol. The molecule has 281 valence electrons. The van der Waals surface area contributed by atoms with Crippen molar-refractivity contribution in [3.8, 4) is 27.9 Å². The highest BCUT2D eigenvalue weighted by Gasteiger charge is 2.30. The zero-order chi connectivity index (χ0) is 39.7. The van der Waals surface area contributed by atoms with Crippen LogP contribution in [-0.4, -0.2) is 11.8 Å². The summed E-state index contributed by atoms with van der Waals surface area (Å²) >= 11 is 1.88. The molecule has 9 aromatic carbocycles. The first-order valence-corrected chi connectivity index (χ1v) is 21.3.